The first kappa shape index (κ1) is 20.5. The van der Waals surface area contributed by atoms with Crippen molar-refractivity contribution in [3.63, 3.8) is 0 Å². The lowest BCUT2D eigenvalue weighted by Crippen LogP contribution is -2.54. The minimum Gasteiger partial charge on any atom is -0.316 e. The topological polar surface area (TPSA) is 95.6 Å². The highest BCUT2D eigenvalue weighted by atomic mass is 19.2. The Morgan fingerprint density at radius 2 is 1.47 bits per heavy atom. The summed E-state index contributed by atoms with van der Waals surface area (Å²) >= 11 is 0. The Bertz CT molecular complexity index is 986. The molecular formula is C20H20F3N3O4. The van der Waals surface area contributed by atoms with Gasteiger partial charge in [0.1, 0.15) is 6.04 Å². The fourth-order valence-electron chi connectivity index (χ4n) is 4.88. The van der Waals surface area contributed by atoms with E-state index in [4.69, 9.17) is 0 Å². The lowest BCUT2D eigenvalue weighted by atomic mass is 9.73. The third-order valence-corrected chi connectivity index (χ3v) is 6.24. The molecule has 0 spiro atoms. The normalized spacial score (nSPS) is 29.3. The number of nitrogens with one attached hydrogen (secondary N) is 2. The quantitative estimate of drug-likeness (QED) is 0.555. The number of carbonyl (C=O) groups excluding carboxylic acids is 4. The number of hydrogen-bond donors (Lipinski definition) is 2. The van der Waals surface area contributed by atoms with E-state index in [0.717, 1.165) is 0 Å². The van der Waals surface area contributed by atoms with Crippen molar-refractivity contribution in [2.24, 2.45) is 11.8 Å². The Morgan fingerprint density at radius 1 is 0.867 bits per heavy atom. The largest absolute Gasteiger partial charge is 0.316 e. The van der Waals surface area contributed by atoms with Gasteiger partial charge in [0.2, 0.25) is 11.8 Å². The van der Waals surface area contributed by atoms with Crippen molar-refractivity contribution in [1.82, 2.24) is 15.5 Å². The molecule has 7 nitrogen and oxygen atoms in total. The van der Waals surface area contributed by atoms with E-state index in [0.29, 0.717) is 18.0 Å². The molecule has 1 aromatic carbocycles. The minimum absolute atomic E-state index is 0.121. The van der Waals surface area contributed by atoms with Gasteiger partial charge in [0.05, 0.1) is 11.1 Å². The highest BCUT2D eigenvalue weighted by Crippen LogP contribution is 2.43. The molecule has 3 unspecified atom stereocenters. The third-order valence-electron chi connectivity index (χ3n) is 6.24. The molecule has 3 aliphatic heterocycles. The summed E-state index contributed by atoms with van der Waals surface area (Å²) in [6.45, 7) is 4.53. The molecule has 10 heteroatoms. The van der Waals surface area contributed by atoms with Gasteiger partial charge in [-0.05, 0) is 37.3 Å². The molecule has 2 fully saturated rings. The molecule has 4 rings (SSSR count). The van der Waals surface area contributed by atoms with Crippen molar-refractivity contribution in [2.75, 3.05) is 13.1 Å². The van der Waals surface area contributed by atoms with Crippen molar-refractivity contribution in [1.29, 1.82) is 0 Å². The van der Waals surface area contributed by atoms with Crippen molar-refractivity contribution >= 4 is 23.6 Å². The second-order valence-electron chi connectivity index (χ2n) is 8.19. The number of imide groups is 2. The summed E-state index contributed by atoms with van der Waals surface area (Å²) in [7, 11) is 0. The molecule has 0 bridgehead atoms. The van der Waals surface area contributed by atoms with Crippen molar-refractivity contribution < 1.29 is 32.3 Å². The van der Waals surface area contributed by atoms with E-state index in [2.05, 4.69) is 5.32 Å². The maximum Gasteiger partial charge on any atom is 0.265 e. The fourth-order valence-corrected chi connectivity index (χ4v) is 4.88. The lowest BCUT2D eigenvalue weighted by molar-refractivity contribution is -0.136. The zero-order chi connectivity index (χ0) is 21.9. The van der Waals surface area contributed by atoms with Crippen LogP contribution in [0.3, 0.4) is 0 Å². The number of hydrogen-bond acceptors (Lipinski definition) is 5. The summed E-state index contributed by atoms with van der Waals surface area (Å²) < 4.78 is 44.1. The Hall–Kier alpha value is -2.75. The third kappa shape index (κ3) is 2.84. The first-order valence-corrected chi connectivity index (χ1v) is 9.77. The van der Waals surface area contributed by atoms with E-state index in [1.54, 1.807) is 13.8 Å². The van der Waals surface area contributed by atoms with E-state index >= 15 is 4.39 Å². The second-order valence-corrected chi connectivity index (χ2v) is 8.19. The van der Waals surface area contributed by atoms with Crippen LogP contribution in [-0.4, -0.2) is 47.7 Å². The zero-order valence-electron chi connectivity index (χ0n) is 16.4. The van der Waals surface area contributed by atoms with Gasteiger partial charge in [-0.2, -0.15) is 0 Å². The van der Waals surface area contributed by atoms with Gasteiger partial charge in [-0.3, -0.25) is 29.4 Å². The molecule has 2 saturated heterocycles. The average Bonchev–Trinajstić information content (AvgIpc) is 2.93. The van der Waals surface area contributed by atoms with Crippen LogP contribution in [0.4, 0.5) is 13.2 Å². The summed E-state index contributed by atoms with van der Waals surface area (Å²) in [4.78, 5) is 50.3. The molecule has 4 amide bonds. The standard InChI is InChI=1S/C20H20F3N3O4/c1-7-5-24-6-8(2)11(7)12-13-14(16(22)17(23)15(12)21)20(30)26(19(13)29)9-3-4-10(27)25-18(9)28/h7-9,11,24H,3-6H2,1-2H3,(H,25,27,28). The molecule has 3 atom stereocenters. The van der Waals surface area contributed by atoms with Crippen LogP contribution in [0, 0.1) is 29.3 Å². The maximum atomic E-state index is 15.0. The van der Waals surface area contributed by atoms with Gasteiger partial charge in [-0.1, -0.05) is 13.8 Å². The SMILES string of the molecule is CC1CNCC(C)C1c1c(F)c(F)c(F)c2c1C(=O)N(C1CCC(=O)NC1=O)C2=O. The predicted octanol–water partition coefficient (Wildman–Crippen LogP) is 1.46. The van der Waals surface area contributed by atoms with E-state index in [-0.39, 0.29) is 30.2 Å². The summed E-state index contributed by atoms with van der Waals surface area (Å²) in [5.41, 5.74) is -1.69. The monoisotopic (exact) mass is 423 g/mol. The van der Waals surface area contributed by atoms with Crippen LogP contribution in [0.2, 0.25) is 0 Å². The molecule has 3 heterocycles. The van der Waals surface area contributed by atoms with Crippen LogP contribution < -0.4 is 10.6 Å². The highest BCUT2D eigenvalue weighted by Gasteiger charge is 2.50. The minimum atomic E-state index is -1.81. The van der Waals surface area contributed by atoms with Crippen molar-refractivity contribution in [2.45, 2.75) is 38.6 Å². The van der Waals surface area contributed by atoms with Gasteiger partial charge >= 0.3 is 0 Å². The number of carbonyl (C=O) groups is 4. The Balaban J connectivity index is 1.88. The van der Waals surface area contributed by atoms with Gasteiger partial charge in [-0.15, -0.1) is 0 Å². The number of benzene rings is 1. The van der Waals surface area contributed by atoms with E-state index < -0.39 is 64.2 Å². The Morgan fingerprint density at radius 3 is 2.07 bits per heavy atom. The van der Waals surface area contributed by atoms with Crippen molar-refractivity contribution in [3.05, 3.63) is 34.1 Å². The van der Waals surface area contributed by atoms with Gasteiger partial charge < -0.3 is 5.32 Å². The molecule has 1 aromatic rings. The summed E-state index contributed by atoms with van der Waals surface area (Å²) in [6, 6.07) is -1.35. The van der Waals surface area contributed by atoms with Gasteiger partial charge in [-0.25, -0.2) is 13.2 Å². The first-order chi connectivity index (χ1) is 14.1. The van der Waals surface area contributed by atoms with Gasteiger partial charge in [0.25, 0.3) is 11.8 Å². The summed E-state index contributed by atoms with van der Waals surface area (Å²) in [6.07, 6.45) is -0.261. The summed E-state index contributed by atoms with van der Waals surface area (Å²) in [5.74, 6) is -9.79. The molecule has 0 saturated carbocycles. The highest BCUT2D eigenvalue weighted by molar-refractivity contribution is 6.24. The van der Waals surface area contributed by atoms with E-state index in [1.807, 2.05) is 5.32 Å². The summed E-state index contributed by atoms with van der Waals surface area (Å²) in [5, 5.41) is 5.18. The number of rotatable bonds is 2. The number of halogens is 3. The van der Waals surface area contributed by atoms with Crippen LogP contribution in [0.15, 0.2) is 0 Å². The fraction of sp³-hybridized carbons (Fsp3) is 0.500. The molecule has 0 aromatic heterocycles. The Labute approximate surface area is 170 Å². The Kier molecular flexibility index (Phi) is 4.92. The molecule has 30 heavy (non-hydrogen) atoms. The van der Waals surface area contributed by atoms with Gasteiger partial charge in [0, 0.05) is 12.0 Å². The van der Waals surface area contributed by atoms with Crippen LogP contribution in [0.25, 0.3) is 0 Å². The maximum absolute atomic E-state index is 15.0. The van der Waals surface area contributed by atoms with Crippen molar-refractivity contribution in [3.8, 4) is 0 Å². The number of piperidine rings is 2. The molecular weight excluding hydrogens is 403 g/mol. The van der Waals surface area contributed by atoms with Crippen LogP contribution in [-0.2, 0) is 9.59 Å². The number of amides is 4. The molecule has 3 aliphatic rings. The van der Waals surface area contributed by atoms with E-state index in [1.165, 1.54) is 0 Å². The average molecular weight is 423 g/mol. The number of fused-ring (bicyclic) bond motifs is 1. The van der Waals surface area contributed by atoms with Crippen LogP contribution in [0.1, 0.15) is 58.9 Å². The van der Waals surface area contributed by atoms with Gasteiger partial charge in [0.15, 0.2) is 17.5 Å². The smallest absolute Gasteiger partial charge is 0.265 e. The predicted molar refractivity (Wildman–Crippen MR) is 96.9 cm³/mol. The molecule has 0 aliphatic carbocycles. The number of nitrogens with zero attached hydrogens (tertiary/aromatic N) is 1. The van der Waals surface area contributed by atoms with E-state index in [9.17, 15) is 28.0 Å². The first-order valence-electron chi connectivity index (χ1n) is 9.77. The lowest BCUT2D eigenvalue weighted by Gasteiger charge is -2.36. The second kappa shape index (κ2) is 7.19. The zero-order valence-corrected chi connectivity index (χ0v) is 16.4. The molecule has 160 valence electrons. The van der Waals surface area contributed by atoms with Crippen LogP contribution in [0.5, 0.6) is 0 Å². The molecule has 0 radical (unpaired) electrons. The molecule has 2 N–H and O–H groups in total. The van der Waals surface area contributed by atoms with Crippen LogP contribution >= 0.6 is 0 Å².